The normalized spacial score (nSPS) is 9.95. The third-order valence-corrected chi connectivity index (χ3v) is 2.92. The molecule has 0 aliphatic rings. The molecule has 19 heavy (non-hydrogen) atoms. The molecule has 0 aliphatic carbocycles. The number of hydrogen-bond donors (Lipinski definition) is 0. The monoisotopic (exact) mass is 329 g/mol. The predicted octanol–water partition coefficient (Wildman–Crippen LogP) is 3.80. The number of benzene rings is 1. The van der Waals surface area contributed by atoms with Gasteiger partial charge in [-0.1, -0.05) is 11.8 Å². The molecule has 2 rings (SSSR count). The Morgan fingerprint density at radius 2 is 1.37 bits per heavy atom. The molecule has 0 radical (unpaired) electrons. The van der Waals surface area contributed by atoms with Gasteiger partial charge in [-0.15, -0.1) is 0 Å². The minimum absolute atomic E-state index is 0.414. The maximum atomic E-state index is 13.5. The third-order valence-electron chi connectivity index (χ3n) is 2.22. The largest absolute Gasteiger partial charge is 0.265 e. The van der Waals surface area contributed by atoms with Gasteiger partial charge in [-0.3, -0.25) is 4.98 Å². The van der Waals surface area contributed by atoms with Gasteiger partial charge < -0.3 is 0 Å². The Labute approximate surface area is 114 Å². The van der Waals surface area contributed by atoms with Crippen LogP contribution in [0.4, 0.5) is 17.6 Å². The Balaban J connectivity index is 2.57. The molecule has 0 atom stereocenters. The van der Waals surface area contributed by atoms with E-state index in [1.165, 1.54) is 24.5 Å². The van der Waals surface area contributed by atoms with Crippen LogP contribution in [0.15, 0.2) is 29.0 Å². The molecule has 0 unspecified atom stereocenters. The molecule has 1 nitrogen and oxygen atoms in total. The van der Waals surface area contributed by atoms with Gasteiger partial charge in [0.05, 0.1) is 4.47 Å². The van der Waals surface area contributed by atoms with Crippen molar-refractivity contribution in [1.29, 1.82) is 0 Å². The Morgan fingerprint density at radius 3 is 1.89 bits per heavy atom. The van der Waals surface area contributed by atoms with Crippen LogP contribution < -0.4 is 0 Å². The summed E-state index contributed by atoms with van der Waals surface area (Å²) in [4.78, 5) is 3.73. The number of halogens is 5. The van der Waals surface area contributed by atoms with Gasteiger partial charge in [-0.2, -0.15) is 0 Å². The van der Waals surface area contributed by atoms with Crippen molar-refractivity contribution in [3.05, 3.63) is 63.4 Å². The summed E-state index contributed by atoms with van der Waals surface area (Å²) in [5.74, 6) is -1.63. The fraction of sp³-hybridized carbons (Fsp3) is 0. The smallest absolute Gasteiger partial charge is 0.178 e. The lowest BCUT2D eigenvalue weighted by Crippen LogP contribution is -2.01. The molecule has 2 aromatic rings. The van der Waals surface area contributed by atoms with E-state index in [0.29, 0.717) is 5.56 Å². The standard InChI is InChI=1S/C13H4BrF4N/c14-9-12(17)10(15)8(11(16)13(9)18)2-1-7-3-5-19-6-4-7/h3-6H. The van der Waals surface area contributed by atoms with E-state index in [0.717, 1.165) is 0 Å². The van der Waals surface area contributed by atoms with Gasteiger partial charge in [0.2, 0.25) is 0 Å². The maximum absolute atomic E-state index is 13.5. The van der Waals surface area contributed by atoms with E-state index in [-0.39, 0.29) is 0 Å². The number of hydrogen-bond acceptors (Lipinski definition) is 1. The summed E-state index contributed by atoms with van der Waals surface area (Å²) in [6.07, 6.45) is 2.86. The summed E-state index contributed by atoms with van der Waals surface area (Å²) < 4.78 is 52.6. The third kappa shape index (κ3) is 2.61. The minimum Gasteiger partial charge on any atom is -0.265 e. The quantitative estimate of drug-likeness (QED) is 0.310. The van der Waals surface area contributed by atoms with Gasteiger partial charge in [0.25, 0.3) is 0 Å². The molecule has 96 valence electrons. The van der Waals surface area contributed by atoms with Crippen molar-refractivity contribution in [2.24, 2.45) is 0 Å². The molecule has 1 aromatic carbocycles. The van der Waals surface area contributed by atoms with Gasteiger partial charge in [0.1, 0.15) is 5.56 Å². The van der Waals surface area contributed by atoms with Crippen molar-refractivity contribution >= 4 is 15.9 Å². The van der Waals surface area contributed by atoms with E-state index in [9.17, 15) is 17.6 Å². The first-order valence-corrected chi connectivity index (χ1v) is 5.75. The maximum Gasteiger partial charge on any atom is 0.178 e. The highest BCUT2D eigenvalue weighted by molar-refractivity contribution is 9.10. The lowest BCUT2D eigenvalue weighted by atomic mass is 10.1. The first kappa shape index (κ1) is 13.6. The molecule has 0 spiro atoms. The molecule has 0 aliphatic heterocycles. The molecule has 6 heteroatoms. The highest BCUT2D eigenvalue weighted by atomic mass is 79.9. The summed E-state index contributed by atoms with van der Waals surface area (Å²) in [6.45, 7) is 0. The van der Waals surface area contributed by atoms with Crippen LogP contribution in [0, 0.1) is 35.1 Å². The van der Waals surface area contributed by atoms with E-state index in [1.807, 2.05) is 0 Å². The van der Waals surface area contributed by atoms with E-state index < -0.39 is 33.3 Å². The summed E-state index contributed by atoms with van der Waals surface area (Å²) >= 11 is 2.42. The number of rotatable bonds is 0. The zero-order chi connectivity index (χ0) is 14.0. The molecule has 1 heterocycles. The lowest BCUT2D eigenvalue weighted by molar-refractivity contribution is 0.443. The minimum atomic E-state index is -1.53. The van der Waals surface area contributed by atoms with Crippen molar-refractivity contribution in [3.8, 4) is 11.8 Å². The average molecular weight is 330 g/mol. The second-order valence-electron chi connectivity index (χ2n) is 3.43. The van der Waals surface area contributed by atoms with E-state index in [2.05, 4.69) is 32.8 Å². The first-order valence-electron chi connectivity index (χ1n) is 4.96. The van der Waals surface area contributed by atoms with Crippen LogP contribution in [0.2, 0.25) is 0 Å². The molecule has 0 saturated heterocycles. The van der Waals surface area contributed by atoms with Crippen molar-refractivity contribution in [1.82, 2.24) is 4.98 Å². The van der Waals surface area contributed by atoms with Crippen molar-refractivity contribution in [2.45, 2.75) is 0 Å². The Hall–Kier alpha value is -1.87. The van der Waals surface area contributed by atoms with E-state index >= 15 is 0 Å². The Kier molecular flexibility index (Phi) is 3.86. The molecule has 1 aromatic heterocycles. The zero-order valence-electron chi connectivity index (χ0n) is 9.15. The van der Waals surface area contributed by atoms with Crippen LogP contribution in [0.5, 0.6) is 0 Å². The number of aromatic nitrogens is 1. The molecule has 0 N–H and O–H groups in total. The summed E-state index contributed by atoms with van der Waals surface area (Å²) in [7, 11) is 0. The highest BCUT2D eigenvalue weighted by Gasteiger charge is 2.22. The van der Waals surface area contributed by atoms with Gasteiger partial charge >= 0.3 is 0 Å². The first-order chi connectivity index (χ1) is 9.02. The summed E-state index contributed by atoms with van der Waals surface area (Å²) in [5.41, 5.74) is -0.535. The number of pyridine rings is 1. The molecule has 0 amide bonds. The average Bonchev–Trinajstić information content (AvgIpc) is 2.44. The Bertz CT molecular complexity index is 660. The summed E-state index contributed by atoms with van der Waals surface area (Å²) in [5, 5.41) is 0. The van der Waals surface area contributed by atoms with Crippen molar-refractivity contribution in [2.75, 3.05) is 0 Å². The van der Waals surface area contributed by atoms with Gasteiger partial charge in [-0.05, 0) is 28.1 Å². The number of nitrogens with zero attached hydrogens (tertiary/aromatic N) is 1. The van der Waals surface area contributed by atoms with Crippen molar-refractivity contribution in [3.63, 3.8) is 0 Å². The lowest BCUT2D eigenvalue weighted by Gasteiger charge is -2.03. The van der Waals surface area contributed by atoms with Crippen molar-refractivity contribution < 1.29 is 17.6 Å². The van der Waals surface area contributed by atoms with Crippen LogP contribution in [-0.4, -0.2) is 4.98 Å². The highest BCUT2D eigenvalue weighted by Crippen LogP contribution is 2.27. The van der Waals surface area contributed by atoms with Crippen LogP contribution in [0.25, 0.3) is 0 Å². The summed E-state index contributed by atoms with van der Waals surface area (Å²) in [6, 6.07) is 2.99. The van der Waals surface area contributed by atoms with Crippen LogP contribution in [0.1, 0.15) is 11.1 Å². The predicted molar refractivity (Wildman–Crippen MR) is 64.2 cm³/mol. The SMILES string of the molecule is Fc1c(F)c(C#Cc2ccncc2)c(F)c(F)c1Br. The second kappa shape index (κ2) is 5.41. The van der Waals surface area contributed by atoms with Gasteiger partial charge in [-0.25, -0.2) is 17.6 Å². The molecular formula is C13H4BrF4N. The molecule has 0 saturated carbocycles. The zero-order valence-corrected chi connectivity index (χ0v) is 10.7. The van der Waals surface area contributed by atoms with E-state index in [1.54, 1.807) is 0 Å². The molecular weight excluding hydrogens is 326 g/mol. The topological polar surface area (TPSA) is 12.9 Å². The van der Waals surface area contributed by atoms with Gasteiger partial charge in [0.15, 0.2) is 23.3 Å². The fourth-order valence-electron chi connectivity index (χ4n) is 1.28. The Morgan fingerprint density at radius 1 is 0.842 bits per heavy atom. The van der Waals surface area contributed by atoms with Crippen LogP contribution in [0.3, 0.4) is 0 Å². The van der Waals surface area contributed by atoms with Crippen LogP contribution >= 0.6 is 15.9 Å². The molecule has 0 bridgehead atoms. The van der Waals surface area contributed by atoms with E-state index in [4.69, 9.17) is 0 Å². The van der Waals surface area contributed by atoms with Gasteiger partial charge in [0, 0.05) is 18.0 Å². The fourth-order valence-corrected chi connectivity index (χ4v) is 1.63. The van der Waals surface area contributed by atoms with Crippen LogP contribution in [-0.2, 0) is 0 Å². The second-order valence-corrected chi connectivity index (χ2v) is 4.22. The molecule has 0 fully saturated rings.